The second kappa shape index (κ2) is 7.87. The summed E-state index contributed by atoms with van der Waals surface area (Å²) in [6, 6.07) is 5.86. The van der Waals surface area contributed by atoms with Gasteiger partial charge in [-0.3, -0.25) is 4.79 Å². The van der Waals surface area contributed by atoms with E-state index < -0.39 is 0 Å². The topological polar surface area (TPSA) is 61.9 Å². The highest BCUT2D eigenvalue weighted by atomic mass is 16.5. The van der Waals surface area contributed by atoms with Crippen molar-refractivity contribution in [2.45, 2.75) is 26.7 Å². The van der Waals surface area contributed by atoms with E-state index in [4.69, 9.17) is 4.74 Å². The van der Waals surface area contributed by atoms with Crippen molar-refractivity contribution < 1.29 is 14.3 Å². The number of hydrogen-bond donors (Lipinski definition) is 1. The first-order chi connectivity index (χ1) is 12.0. The molecule has 0 bridgehead atoms. The highest BCUT2D eigenvalue weighted by molar-refractivity contribution is 5.91. The molecular formula is C19H27N3O3. The molecule has 2 aliphatic rings. The fourth-order valence-electron chi connectivity index (χ4n) is 3.55. The van der Waals surface area contributed by atoms with Gasteiger partial charge in [-0.1, -0.05) is 17.7 Å². The smallest absolute Gasteiger partial charge is 0.321 e. The van der Waals surface area contributed by atoms with Gasteiger partial charge in [0.2, 0.25) is 5.91 Å². The summed E-state index contributed by atoms with van der Waals surface area (Å²) < 4.78 is 5.31. The maximum Gasteiger partial charge on any atom is 0.321 e. The van der Waals surface area contributed by atoms with Gasteiger partial charge in [-0.25, -0.2) is 4.79 Å². The van der Waals surface area contributed by atoms with Crippen molar-refractivity contribution in [2.24, 2.45) is 5.92 Å². The van der Waals surface area contributed by atoms with Crippen molar-refractivity contribution >= 4 is 17.6 Å². The molecule has 1 aromatic carbocycles. The van der Waals surface area contributed by atoms with Crippen LogP contribution in [0.2, 0.25) is 0 Å². The van der Waals surface area contributed by atoms with Crippen molar-refractivity contribution in [3.8, 4) is 0 Å². The molecule has 0 radical (unpaired) electrons. The Labute approximate surface area is 149 Å². The van der Waals surface area contributed by atoms with E-state index in [1.165, 1.54) is 5.56 Å². The lowest BCUT2D eigenvalue weighted by Crippen LogP contribution is -2.50. The Balaban J connectivity index is 1.60. The fraction of sp³-hybridized carbons (Fsp3) is 0.579. The quantitative estimate of drug-likeness (QED) is 0.895. The van der Waals surface area contributed by atoms with Gasteiger partial charge in [0.1, 0.15) is 0 Å². The van der Waals surface area contributed by atoms with E-state index in [1.807, 2.05) is 30.9 Å². The van der Waals surface area contributed by atoms with Gasteiger partial charge >= 0.3 is 6.03 Å². The summed E-state index contributed by atoms with van der Waals surface area (Å²) >= 11 is 0. The van der Waals surface area contributed by atoms with E-state index in [0.29, 0.717) is 39.4 Å². The van der Waals surface area contributed by atoms with Crippen LogP contribution in [-0.2, 0) is 9.53 Å². The maximum absolute atomic E-state index is 12.7. The number of carbonyl (C=O) groups is 2. The number of urea groups is 1. The molecule has 2 saturated heterocycles. The number of nitrogens with one attached hydrogen (secondary N) is 1. The van der Waals surface area contributed by atoms with Crippen LogP contribution >= 0.6 is 0 Å². The monoisotopic (exact) mass is 345 g/mol. The number of ether oxygens (including phenoxy) is 1. The molecule has 3 amide bonds. The Bertz CT molecular complexity index is 641. The number of amides is 3. The van der Waals surface area contributed by atoms with Gasteiger partial charge in [0, 0.05) is 31.9 Å². The lowest BCUT2D eigenvalue weighted by molar-refractivity contribution is -0.141. The van der Waals surface area contributed by atoms with Crippen molar-refractivity contribution in [1.29, 1.82) is 0 Å². The molecule has 3 rings (SSSR count). The van der Waals surface area contributed by atoms with E-state index in [1.54, 1.807) is 4.90 Å². The molecule has 6 nitrogen and oxygen atoms in total. The van der Waals surface area contributed by atoms with Crippen LogP contribution < -0.4 is 5.32 Å². The Kier molecular flexibility index (Phi) is 5.58. The number of aryl methyl sites for hydroxylation is 2. The second-order valence-electron chi connectivity index (χ2n) is 6.97. The van der Waals surface area contributed by atoms with Crippen LogP contribution in [0, 0.1) is 19.8 Å². The van der Waals surface area contributed by atoms with Gasteiger partial charge in [-0.05, 0) is 38.3 Å². The van der Waals surface area contributed by atoms with Crippen LogP contribution in [0.3, 0.4) is 0 Å². The largest absolute Gasteiger partial charge is 0.378 e. The van der Waals surface area contributed by atoms with Crippen LogP contribution in [0.15, 0.2) is 18.2 Å². The van der Waals surface area contributed by atoms with Gasteiger partial charge in [0.05, 0.1) is 19.1 Å². The minimum absolute atomic E-state index is 0.100. The van der Waals surface area contributed by atoms with E-state index in [2.05, 4.69) is 11.4 Å². The molecule has 1 N–H and O–H groups in total. The normalized spacial score (nSPS) is 21.1. The first kappa shape index (κ1) is 17.7. The molecule has 2 heterocycles. The number of morpholine rings is 1. The first-order valence-corrected chi connectivity index (χ1v) is 9.04. The molecular weight excluding hydrogens is 318 g/mol. The predicted molar refractivity (Wildman–Crippen MR) is 96.6 cm³/mol. The highest BCUT2D eigenvalue weighted by Gasteiger charge is 2.31. The van der Waals surface area contributed by atoms with E-state index in [-0.39, 0.29) is 17.9 Å². The molecule has 1 atom stereocenters. The molecule has 0 saturated carbocycles. The van der Waals surface area contributed by atoms with Gasteiger partial charge in [-0.15, -0.1) is 0 Å². The lowest BCUT2D eigenvalue weighted by Gasteiger charge is -2.36. The third-order valence-corrected chi connectivity index (χ3v) is 5.00. The Morgan fingerprint density at radius 3 is 2.60 bits per heavy atom. The molecule has 0 aliphatic carbocycles. The number of anilines is 1. The van der Waals surface area contributed by atoms with Crippen LogP contribution in [0.25, 0.3) is 0 Å². The van der Waals surface area contributed by atoms with Crippen LogP contribution in [0.4, 0.5) is 10.5 Å². The molecule has 0 aromatic heterocycles. The molecule has 136 valence electrons. The Morgan fingerprint density at radius 1 is 1.12 bits per heavy atom. The van der Waals surface area contributed by atoms with Crippen LogP contribution in [-0.4, -0.2) is 61.1 Å². The van der Waals surface area contributed by atoms with E-state index >= 15 is 0 Å². The molecule has 1 aromatic rings. The van der Waals surface area contributed by atoms with E-state index in [0.717, 1.165) is 24.1 Å². The molecule has 0 unspecified atom stereocenters. The minimum Gasteiger partial charge on any atom is -0.378 e. The van der Waals surface area contributed by atoms with Gasteiger partial charge in [0.15, 0.2) is 0 Å². The summed E-state index contributed by atoms with van der Waals surface area (Å²) in [5, 5.41) is 2.99. The highest BCUT2D eigenvalue weighted by Crippen LogP contribution is 2.22. The standard InChI is InChI=1S/C19H27N3O3/c1-14-5-6-17(15(2)12-14)20-19(24)22-7-3-4-16(13-22)18(23)21-8-10-25-11-9-21/h5-6,12,16H,3-4,7-11,13H2,1-2H3,(H,20,24)/t16-/m1/s1. The van der Waals surface area contributed by atoms with Crippen molar-refractivity contribution in [1.82, 2.24) is 9.80 Å². The third kappa shape index (κ3) is 4.31. The predicted octanol–water partition coefficient (Wildman–Crippen LogP) is 2.41. The average molecular weight is 345 g/mol. The fourth-order valence-corrected chi connectivity index (χ4v) is 3.55. The zero-order chi connectivity index (χ0) is 17.8. The Morgan fingerprint density at radius 2 is 1.88 bits per heavy atom. The summed E-state index contributed by atoms with van der Waals surface area (Å²) in [6.07, 6.45) is 1.71. The average Bonchev–Trinajstić information content (AvgIpc) is 2.64. The van der Waals surface area contributed by atoms with Gasteiger partial charge in [-0.2, -0.15) is 0 Å². The zero-order valence-corrected chi connectivity index (χ0v) is 15.1. The number of rotatable bonds is 2. The summed E-state index contributed by atoms with van der Waals surface area (Å²) in [6.45, 7) is 7.74. The zero-order valence-electron chi connectivity index (χ0n) is 15.1. The number of hydrogen-bond acceptors (Lipinski definition) is 3. The summed E-state index contributed by atoms with van der Waals surface area (Å²) in [5.74, 6) is 0.0593. The first-order valence-electron chi connectivity index (χ1n) is 9.04. The van der Waals surface area contributed by atoms with Crippen molar-refractivity contribution in [3.05, 3.63) is 29.3 Å². The van der Waals surface area contributed by atoms with Gasteiger partial charge in [0.25, 0.3) is 0 Å². The van der Waals surface area contributed by atoms with Crippen molar-refractivity contribution in [2.75, 3.05) is 44.7 Å². The lowest BCUT2D eigenvalue weighted by atomic mass is 9.96. The molecule has 25 heavy (non-hydrogen) atoms. The third-order valence-electron chi connectivity index (χ3n) is 5.00. The number of carbonyl (C=O) groups excluding carboxylic acids is 2. The molecule has 0 spiro atoms. The molecule has 6 heteroatoms. The maximum atomic E-state index is 12.7. The molecule has 2 aliphatic heterocycles. The van der Waals surface area contributed by atoms with E-state index in [9.17, 15) is 9.59 Å². The molecule has 2 fully saturated rings. The summed E-state index contributed by atoms with van der Waals surface area (Å²) in [5.41, 5.74) is 3.05. The van der Waals surface area contributed by atoms with Gasteiger partial charge < -0.3 is 19.9 Å². The van der Waals surface area contributed by atoms with Crippen LogP contribution in [0.5, 0.6) is 0 Å². The summed E-state index contributed by atoms with van der Waals surface area (Å²) in [7, 11) is 0. The number of likely N-dealkylation sites (tertiary alicyclic amines) is 1. The number of benzene rings is 1. The Hall–Kier alpha value is -2.08. The summed E-state index contributed by atoms with van der Waals surface area (Å²) in [4.78, 5) is 28.9. The number of nitrogens with zero attached hydrogens (tertiary/aromatic N) is 2. The van der Waals surface area contributed by atoms with Crippen LogP contribution in [0.1, 0.15) is 24.0 Å². The number of piperidine rings is 1. The van der Waals surface area contributed by atoms with Crippen molar-refractivity contribution in [3.63, 3.8) is 0 Å². The SMILES string of the molecule is Cc1ccc(NC(=O)N2CCC[C@@H](C(=O)N3CCOCC3)C2)c(C)c1. The second-order valence-corrected chi connectivity index (χ2v) is 6.97. The minimum atomic E-state index is -0.119.